The fraction of sp³-hybridized carbons (Fsp3) is 0.111. The highest BCUT2D eigenvalue weighted by Gasteiger charge is 2.09. The number of benzene rings is 1. The third kappa shape index (κ3) is 4.08. The zero-order valence-corrected chi connectivity index (χ0v) is 13.5. The Kier molecular flexibility index (Phi) is 4.84. The second kappa shape index (κ2) is 7.39. The van der Waals surface area contributed by atoms with Crippen molar-refractivity contribution >= 4 is 11.6 Å². The Balaban J connectivity index is 1.82. The van der Waals surface area contributed by atoms with Gasteiger partial charge in [-0.15, -0.1) is 0 Å². The van der Waals surface area contributed by atoms with E-state index in [0.717, 1.165) is 10.2 Å². The van der Waals surface area contributed by atoms with Crippen molar-refractivity contribution < 1.29 is 9.53 Å². The van der Waals surface area contributed by atoms with Crippen LogP contribution in [0.2, 0.25) is 0 Å². The third-order valence-corrected chi connectivity index (χ3v) is 3.49. The molecule has 0 fully saturated rings. The van der Waals surface area contributed by atoms with E-state index in [1.807, 2.05) is 24.3 Å². The lowest BCUT2D eigenvalue weighted by Crippen LogP contribution is -2.29. The lowest BCUT2D eigenvalue weighted by molar-refractivity contribution is -0.117. The van der Waals surface area contributed by atoms with Crippen LogP contribution in [0.4, 0.5) is 5.69 Å². The Morgan fingerprint density at radius 3 is 2.72 bits per heavy atom. The van der Waals surface area contributed by atoms with E-state index in [2.05, 4.69) is 15.4 Å². The molecule has 0 radical (unpaired) electrons. The fourth-order valence-corrected chi connectivity index (χ4v) is 2.27. The van der Waals surface area contributed by atoms with Crippen LogP contribution in [-0.2, 0) is 11.3 Å². The van der Waals surface area contributed by atoms with E-state index in [4.69, 9.17) is 4.74 Å². The molecule has 1 N–H and O–H groups in total. The molecule has 2 heterocycles. The van der Waals surface area contributed by atoms with Crippen molar-refractivity contribution in [2.45, 2.75) is 6.54 Å². The van der Waals surface area contributed by atoms with Gasteiger partial charge in [-0.2, -0.15) is 5.10 Å². The van der Waals surface area contributed by atoms with E-state index in [-0.39, 0.29) is 18.0 Å². The molecule has 25 heavy (non-hydrogen) atoms. The number of amides is 1. The molecule has 0 aliphatic heterocycles. The van der Waals surface area contributed by atoms with Gasteiger partial charge < -0.3 is 10.1 Å². The van der Waals surface area contributed by atoms with Gasteiger partial charge in [0.2, 0.25) is 5.91 Å². The molecule has 7 nitrogen and oxygen atoms in total. The zero-order chi connectivity index (χ0) is 17.6. The van der Waals surface area contributed by atoms with Crippen molar-refractivity contribution in [3.05, 3.63) is 71.3 Å². The first kappa shape index (κ1) is 16.4. The molecule has 0 atom stereocenters. The van der Waals surface area contributed by atoms with Gasteiger partial charge in [-0.25, -0.2) is 4.68 Å². The first-order valence-corrected chi connectivity index (χ1v) is 7.58. The Morgan fingerprint density at radius 1 is 1.16 bits per heavy atom. The summed E-state index contributed by atoms with van der Waals surface area (Å²) < 4.78 is 6.33. The maximum Gasteiger partial charge on any atom is 0.267 e. The second-order valence-corrected chi connectivity index (χ2v) is 5.23. The molecule has 0 saturated carbocycles. The lowest BCUT2D eigenvalue weighted by atomic mass is 10.1. The van der Waals surface area contributed by atoms with Crippen LogP contribution in [0.5, 0.6) is 5.75 Å². The first-order chi connectivity index (χ1) is 12.2. The molecule has 7 heteroatoms. The number of methoxy groups -OCH3 is 1. The van der Waals surface area contributed by atoms with Crippen LogP contribution in [-0.4, -0.2) is 27.8 Å². The first-order valence-electron chi connectivity index (χ1n) is 7.58. The summed E-state index contributed by atoms with van der Waals surface area (Å²) in [6.07, 6.45) is 3.15. The summed E-state index contributed by atoms with van der Waals surface area (Å²) in [6, 6.07) is 13.7. The van der Waals surface area contributed by atoms with E-state index >= 15 is 0 Å². The fourth-order valence-electron chi connectivity index (χ4n) is 2.27. The molecule has 1 aromatic carbocycles. The van der Waals surface area contributed by atoms with Crippen molar-refractivity contribution in [1.29, 1.82) is 0 Å². The zero-order valence-electron chi connectivity index (χ0n) is 13.5. The lowest BCUT2D eigenvalue weighted by Gasteiger charge is -2.09. The van der Waals surface area contributed by atoms with Crippen LogP contribution in [0.25, 0.3) is 11.3 Å². The number of ether oxygens (including phenoxy) is 1. The minimum atomic E-state index is -0.350. The largest absolute Gasteiger partial charge is 0.497 e. The van der Waals surface area contributed by atoms with Crippen molar-refractivity contribution in [3.8, 4) is 17.0 Å². The Bertz CT molecular complexity index is 938. The van der Waals surface area contributed by atoms with E-state index in [1.165, 1.54) is 6.07 Å². The normalized spacial score (nSPS) is 10.3. The smallest absolute Gasteiger partial charge is 0.267 e. The molecule has 3 aromatic rings. The number of hydrogen-bond acceptors (Lipinski definition) is 5. The number of nitrogens with zero attached hydrogens (tertiary/aromatic N) is 3. The van der Waals surface area contributed by atoms with Crippen LogP contribution in [0.1, 0.15) is 0 Å². The third-order valence-electron chi connectivity index (χ3n) is 3.49. The standard InChI is InChI=1S/C18H16N4O3/c1-25-15-4-2-3-13(11-15)16-5-6-18(24)22(21-16)12-17(23)20-14-7-9-19-10-8-14/h2-11H,12H2,1H3,(H,19,20,23). The summed E-state index contributed by atoms with van der Waals surface area (Å²) in [5, 5.41) is 6.97. The van der Waals surface area contributed by atoms with Gasteiger partial charge >= 0.3 is 0 Å². The number of carbonyl (C=O) groups excluding carboxylic acids is 1. The van der Waals surface area contributed by atoms with Crippen molar-refractivity contribution in [3.63, 3.8) is 0 Å². The maximum atomic E-state index is 12.1. The molecular weight excluding hydrogens is 320 g/mol. The average molecular weight is 336 g/mol. The number of pyridine rings is 1. The molecular formula is C18H16N4O3. The topological polar surface area (TPSA) is 86.1 Å². The number of aromatic nitrogens is 3. The summed E-state index contributed by atoms with van der Waals surface area (Å²) >= 11 is 0. The maximum absolute atomic E-state index is 12.1. The Hall–Kier alpha value is -3.48. The van der Waals surface area contributed by atoms with E-state index < -0.39 is 0 Å². The van der Waals surface area contributed by atoms with Gasteiger partial charge in [0, 0.05) is 29.7 Å². The van der Waals surface area contributed by atoms with Gasteiger partial charge in [0.25, 0.3) is 5.56 Å². The van der Waals surface area contributed by atoms with E-state index in [9.17, 15) is 9.59 Å². The predicted octanol–water partition coefficient (Wildman–Crippen LogP) is 1.95. The number of rotatable bonds is 5. The van der Waals surface area contributed by atoms with Crippen molar-refractivity contribution in [2.24, 2.45) is 0 Å². The molecule has 0 aliphatic rings. The highest BCUT2D eigenvalue weighted by molar-refractivity contribution is 5.90. The van der Waals surface area contributed by atoms with Crippen LogP contribution in [0, 0.1) is 0 Å². The monoisotopic (exact) mass is 336 g/mol. The molecule has 126 valence electrons. The minimum Gasteiger partial charge on any atom is -0.497 e. The van der Waals surface area contributed by atoms with Crippen LogP contribution in [0.3, 0.4) is 0 Å². The Labute approximate surface area is 143 Å². The molecule has 0 saturated heterocycles. The van der Waals surface area contributed by atoms with Crippen molar-refractivity contribution in [2.75, 3.05) is 12.4 Å². The number of carbonyl (C=O) groups is 1. The molecule has 0 unspecified atom stereocenters. The Morgan fingerprint density at radius 2 is 1.96 bits per heavy atom. The predicted molar refractivity (Wildman–Crippen MR) is 93.4 cm³/mol. The van der Waals surface area contributed by atoms with Crippen LogP contribution < -0.4 is 15.6 Å². The van der Waals surface area contributed by atoms with Gasteiger partial charge in [0.1, 0.15) is 12.3 Å². The summed E-state index contributed by atoms with van der Waals surface area (Å²) in [4.78, 5) is 28.0. The quantitative estimate of drug-likeness (QED) is 0.770. The SMILES string of the molecule is COc1cccc(-c2ccc(=O)n(CC(=O)Nc3ccncc3)n2)c1. The second-order valence-electron chi connectivity index (χ2n) is 5.23. The van der Waals surface area contributed by atoms with Crippen LogP contribution in [0.15, 0.2) is 65.7 Å². The van der Waals surface area contributed by atoms with Gasteiger partial charge in [-0.05, 0) is 30.3 Å². The minimum absolute atomic E-state index is 0.182. The summed E-state index contributed by atoms with van der Waals surface area (Å²) in [7, 11) is 1.58. The summed E-state index contributed by atoms with van der Waals surface area (Å²) in [6.45, 7) is -0.182. The highest BCUT2D eigenvalue weighted by Crippen LogP contribution is 2.21. The molecule has 0 aliphatic carbocycles. The number of hydrogen-bond donors (Lipinski definition) is 1. The molecule has 3 rings (SSSR count). The molecule has 1 amide bonds. The van der Waals surface area contributed by atoms with E-state index in [1.54, 1.807) is 37.7 Å². The average Bonchev–Trinajstić information content (AvgIpc) is 2.64. The molecule has 2 aromatic heterocycles. The van der Waals surface area contributed by atoms with E-state index in [0.29, 0.717) is 17.1 Å². The van der Waals surface area contributed by atoms with Gasteiger partial charge in [0.05, 0.1) is 12.8 Å². The molecule has 0 spiro atoms. The van der Waals surface area contributed by atoms with Gasteiger partial charge in [-0.1, -0.05) is 12.1 Å². The van der Waals surface area contributed by atoms with Crippen molar-refractivity contribution in [1.82, 2.24) is 14.8 Å². The van der Waals surface area contributed by atoms with Gasteiger partial charge in [0.15, 0.2) is 0 Å². The van der Waals surface area contributed by atoms with Gasteiger partial charge in [-0.3, -0.25) is 14.6 Å². The van der Waals surface area contributed by atoms with Crippen LogP contribution >= 0.6 is 0 Å². The summed E-state index contributed by atoms with van der Waals surface area (Å²) in [5.74, 6) is 0.344. The number of anilines is 1. The highest BCUT2D eigenvalue weighted by atomic mass is 16.5. The summed E-state index contributed by atoms with van der Waals surface area (Å²) in [5.41, 5.74) is 1.63. The number of nitrogens with one attached hydrogen (secondary N) is 1. The molecule has 0 bridgehead atoms.